The lowest BCUT2D eigenvalue weighted by molar-refractivity contribution is -0.274. The third-order valence-electron chi connectivity index (χ3n) is 5.33. The van der Waals surface area contributed by atoms with Crippen LogP contribution in [0.3, 0.4) is 0 Å². The molecule has 32 heavy (non-hydrogen) atoms. The Morgan fingerprint density at radius 2 is 1.91 bits per heavy atom. The van der Waals surface area contributed by atoms with Crippen molar-refractivity contribution in [3.63, 3.8) is 0 Å². The van der Waals surface area contributed by atoms with E-state index < -0.39 is 6.36 Å². The molecule has 1 aliphatic heterocycles. The van der Waals surface area contributed by atoms with Gasteiger partial charge < -0.3 is 19.7 Å². The molecule has 10 heteroatoms. The van der Waals surface area contributed by atoms with E-state index in [2.05, 4.69) is 20.0 Å². The van der Waals surface area contributed by atoms with Gasteiger partial charge in [0.15, 0.2) is 0 Å². The van der Waals surface area contributed by atoms with Crippen LogP contribution < -0.4 is 10.1 Å². The molecule has 1 saturated heterocycles. The smallest absolute Gasteiger partial charge is 0.406 e. The van der Waals surface area contributed by atoms with Gasteiger partial charge in [-0.15, -0.1) is 13.2 Å². The highest BCUT2D eigenvalue weighted by molar-refractivity contribution is 5.93. The Morgan fingerprint density at radius 1 is 1.16 bits per heavy atom. The lowest BCUT2D eigenvalue weighted by Crippen LogP contribution is -2.32. The number of halogens is 3. The van der Waals surface area contributed by atoms with Crippen LogP contribution in [0.25, 0.3) is 0 Å². The Labute approximate surface area is 183 Å². The molecule has 0 spiro atoms. The van der Waals surface area contributed by atoms with Crippen molar-refractivity contribution in [2.24, 2.45) is 5.92 Å². The van der Waals surface area contributed by atoms with E-state index in [1.54, 1.807) is 4.90 Å². The molecule has 1 N–H and O–H groups in total. The van der Waals surface area contributed by atoms with Crippen molar-refractivity contribution in [2.75, 3.05) is 25.2 Å². The van der Waals surface area contributed by atoms with Gasteiger partial charge in [0.25, 0.3) is 5.91 Å². The van der Waals surface area contributed by atoms with Crippen molar-refractivity contribution in [1.29, 1.82) is 0 Å². The third-order valence-corrected chi connectivity index (χ3v) is 5.33. The number of carbonyl (C=O) groups excluding carboxylic acids is 1. The molecule has 2 aromatic rings. The Kier molecular flexibility index (Phi) is 6.78. The molecule has 2 heterocycles. The van der Waals surface area contributed by atoms with Crippen molar-refractivity contribution in [3.05, 3.63) is 47.3 Å². The zero-order chi connectivity index (χ0) is 22.6. The number of alkyl halides is 3. The van der Waals surface area contributed by atoms with Gasteiger partial charge in [-0.25, -0.2) is 9.97 Å². The van der Waals surface area contributed by atoms with Crippen LogP contribution in [-0.4, -0.2) is 47.0 Å². The molecular formula is C22H25F3N4O3. The van der Waals surface area contributed by atoms with Gasteiger partial charge in [-0.05, 0) is 61.3 Å². The summed E-state index contributed by atoms with van der Waals surface area (Å²) in [5, 5.41) is 2.99. The van der Waals surface area contributed by atoms with Crippen molar-refractivity contribution < 1.29 is 27.4 Å². The van der Waals surface area contributed by atoms with Crippen LogP contribution in [0.2, 0.25) is 0 Å². The summed E-state index contributed by atoms with van der Waals surface area (Å²) >= 11 is 0. The number of hydrogen-bond donors (Lipinski definition) is 1. The molecule has 0 unspecified atom stereocenters. The van der Waals surface area contributed by atoms with Gasteiger partial charge in [-0.1, -0.05) is 6.07 Å². The largest absolute Gasteiger partial charge is 0.573 e. The lowest BCUT2D eigenvalue weighted by atomic mass is 10.0. The van der Waals surface area contributed by atoms with E-state index in [-0.39, 0.29) is 30.9 Å². The maximum atomic E-state index is 12.7. The minimum absolute atomic E-state index is 0.194. The third kappa shape index (κ3) is 6.56. The standard InChI is InChI=1S/C22H25F3N4O3/c23-22(24,25)32-19-9-16(7-15-3-4-15)8-17(10-19)11-26-21-27-12-18(13-28-21)20(30)29-5-1-2-6-31-14-29/h8-10,12-13,15H,1-7,11,14H2,(H,26,27,28). The molecule has 2 aliphatic rings. The Hall–Kier alpha value is -2.88. The summed E-state index contributed by atoms with van der Waals surface area (Å²) in [6, 6.07) is 4.67. The molecule has 2 fully saturated rings. The number of carbonyl (C=O) groups is 1. The van der Waals surface area contributed by atoms with E-state index in [1.807, 2.05) is 6.07 Å². The number of rotatable bonds is 7. The lowest BCUT2D eigenvalue weighted by Gasteiger charge is -2.19. The number of benzene rings is 1. The molecule has 1 amide bonds. The molecule has 1 aliphatic carbocycles. The summed E-state index contributed by atoms with van der Waals surface area (Å²) in [7, 11) is 0. The predicted molar refractivity (Wildman–Crippen MR) is 110 cm³/mol. The van der Waals surface area contributed by atoms with Gasteiger partial charge in [0.1, 0.15) is 12.5 Å². The number of ether oxygens (including phenoxy) is 2. The average molecular weight is 450 g/mol. The van der Waals surface area contributed by atoms with E-state index in [4.69, 9.17) is 4.74 Å². The van der Waals surface area contributed by atoms with Gasteiger partial charge >= 0.3 is 6.36 Å². The van der Waals surface area contributed by atoms with Gasteiger partial charge in [0.2, 0.25) is 5.95 Å². The second kappa shape index (κ2) is 9.72. The molecule has 0 atom stereocenters. The summed E-state index contributed by atoms with van der Waals surface area (Å²) in [5.41, 5.74) is 1.80. The molecule has 0 radical (unpaired) electrons. The molecule has 172 valence electrons. The van der Waals surface area contributed by atoms with Crippen molar-refractivity contribution in [2.45, 2.75) is 45.0 Å². The maximum absolute atomic E-state index is 12.7. The van der Waals surface area contributed by atoms with E-state index in [0.29, 0.717) is 30.2 Å². The number of aromatic nitrogens is 2. The van der Waals surface area contributed by atoms with Crippen LogP contribution in [-0.2, 0) is 17.7 Å². The van der Waals surface area contributed by atoms with Crippen molar-refractivity contribution >= 4 is 11.9 Å². The molecule has 1 saturated carbocycles. The van der Waals surface area contributed by atoms with Gasteiger partial charge in [-0.2, -0.15) is 0 Å². The first-order valence-electron chi connectivity index (χ1n) is 10.7. The fourth-order valence-electron chi connectivity index (χ4n) is 3.60. The second-order valence-corrected chi connectivity index (χ2v) is 8.14. The highest BCUT2D eigenvalue weighted by atomic mass is 19.4. The molecule has 0 bridgehead atoms. The fraction of sp³-hybridized carbons (Fsp3) is 0.500. The normalized spacial score (nSPS) is 17.0. The van der Waals surface area contributed by atoms with Crippen LogP contribution in [0.15, 0.2) is 30.6 Å². The zero-order valence-electron chi connectivity index (χ0n) is 17.5. The monoisotopic (exact) mass is 450 g/mol. The van der Waals surface area contributed by atoms with Crippen molar-refractivity contribution in [1.82, 2.24) is 14.9 Å². The highest BCUT2D eigenvalue weighted by Gasteiger charge is 2.31. The first-order valence-corrected chi connectivity index (χ1v) is 10.7. The summed E-state index contributed by atoms with van der Waals surface area (Å²) in [5.74, 6) is 0.383. The first-order chi connectivity index (χ1) is 15.4. The van der Waals surface area contributed by atoms with Crippen LogP contribution >= 0.6 is 0 Å². The Morgan fingerprint density at radius 3 is 2.62 bits per heavy atom. The van der Waals surface area contributed by atoms with Crippen LogP contribution in [0.5, 0.6) is 5.75 Å². The number of nitrogens with zero attached hydrogens (tertiary/aromatic N) is 3. The van der Waals surface area contributed by atoms with E-state index in [1.165, 1.54) is 24.5 Å². The van der Waals surface area contributed by atoms with Gasteiger partial charge in [-0.3, -0.25) is 4.79 Å². The number of nitrogens with one attached hydrogen (secondary N) is 1. The van der Waals surface area contributed by atoms with Gasteiger partial charge in [0, 0.05) is 32.1 Å². The van der Waals surface area contributed by atoms with Crippen molar-refractivity contribution in [3.8, 4) is 5.75 Å². The summed E-state index contributed by atoms with van der Waals surface area (Å²) in [6.45, 7) is 1.73. The first kappa shape index (κ1) is 22.3. The van der Waals surface area contributed by atoms with Gasteiger partial charge in [0.05, 0.1) is 5.56 Å². The molecular weight excluding hydrogens is 425 g/mol. The summed E-state index contributed by atoms with van der Waals surface area (Å²) in [4.78, 5) is 22.5. The predicted octanol–water partition coefficient (Wildman–Crippen LogP) is 4.15. The average Bonchev–Trinajstić information content (AvgIpc) is 3.58. The number of anilines is 1. The van der Waals surface area contributed by atoms with E-state index >= 15 is 0 Å². The SMILES string of the molecule is O=C(c1cnc(NCc2cc(CC3CC3)cc(OC(F)(F)F)c2)nc1)N1CCCCOC1. The van der Waals surface area contributed by atoms with Crippen LogP contribution in [0.4, 0.5) is 19.1 Å². The summed E-state index contributed by atoms with van der Waals surface area (Å²) in [6.07, 6.45) is 2.85. The van der Waals surface area contributed by atoms with E-state index in [9.17, 15) is 18.0 Å². The minimum atomic E-state index is -4.74. The highest BCUT2D eigenvalue weighted by Crippen LogP contribution is 2.34. The molecule has 1 aromatic heterocycles. The molecule has 1 aromatic carbocycles. The fourth-order valence-corrected chi connectivity index (χ4v) is 3.60. The van der Waals surface area contributed by atoms with E-state index in [0.717, 1.165) is 37.7 Å². The molecule has 4 rings (SSSR count). The molecule has 7 nitrogen and oxygen atoms in total. The zero-order valence-corrected chi connectivity index (χ0v) is 17.5. The minimum Gasteiger partial charge on any atom is -0.406 e. The topological polar surface area (TPSA) is 76.6 Å². The second-order valence-electron chi connectivity index (χ2n) is 8.14. The summed E-state index contributed by atoms with van der Waals surface area (Å²) < 4.78 is 47.6. The number of hydrogen-bond acceptors (Lipinski definition) is 6. The Balaban J connectivity index is 1.40. The van der Waals surface area contributed by atoms with Crippen LogP contribution in [0.1, 0.15) is 47.2 Å². The quantitative estimate of drug-likeness (QED) is 0.683. The maximum Gasteiger partial charge on any atom is 0.573 e. The van der Waals surface area contributed by atoms with Crippen LogP contribution in [0, 0.1) is 5.92 Å². The number of amides is 1. The Bertz CT molecular complexity index is 925.